The first kappa shape index (κ1) is 17.1. The van der Waals surface area contributed by atoms with Crippen molar-refractivity contribution < 1.29 is 14.3 Å². The summed E-state index contributed by atoms with van der Waals surface area (Å²) in [5.74, 6) is 2.15. The van der Waals surface area contributed by atoms with E-state index in [-0.39, 0.29) is 6.03 Å². The predicted octanol–water partition coefficient (Wildman–Crippen LogP) is 1.80. The van der Waals surface area contributed by atoms with E-state index in [0.29, 0.717) is 25.5 Å². The Bertz CT molecular complexity index is 756. The molecule has 25 heavy (non-hydrogen) atoms. The van der Waals surface area contributed by atoms with Crippen molar-refractivity contribution in [2.24, 2.45) is 0 Å². The molecule has 0 radical (unpaired) electrons. The Labute approximate surface area is 146 Å². The number of nitrogens with one attached hydrogen (secondary N) is 2. The lowest BCUT2D eigenvalue weighted by atomic mass is 9.94. The lowest BCUT2D eigenvalue weighted by Crippen LogP contribution is -2.46. The molecule has 1 aliphatic heterocycles. The van der Waals surface area contributed by atoms with Gasteiger partial charge in [-0.15, -0.1) is 10.2 Å². The van der Waals surface area contributed by atoms with Crippen LogP contribution < -0.4 is 20.1 Å². The first-order valence-electron chi connectivity index (χ1n) is 8.32. The molecule has 1 aromatic carbocycles. The van der Waals surface area contributed by atoms with Crippen LogP contribution in [0.5, 0.6) is 11.5 Å². The summed E-state index contributed by atoms with van der Waals surface area (Å²) >= 11 is 0. The summed E-state index contributed by atoms with van der Waals surface area (Å²) in [5.41, 5.74) is 0.363. The number of amides is 2. The molecule has 3 rings (SSSR count). The molecule has 0 spiro atoms. The number of nitrogens with zero attached hydrogens (tertiary/aromatic N) is 3. The monoisotopic (exact) mass is 345 g/mol. The van der Waals surface area contributed by atoms with Crippen LogP contribution in [0.3, 0.4) is 0 Å². The number of hydrogen-bond acceptors (Lipinski definition) is 5. The lowest BCUT2D eigenvalue weighted by Gasteiger charge is -2.28. The quantitative estimate of drug-likeness (QED) is 0.862. The Balaban J connectivity index is 1.63. The fraction of sp³-hybridized carbons (Fsp3) is 0.471. The van der Waals surface area contributed by atoms with Crippen LogP contribution in [0.1, 0.15) is 32.2 Å². The molecule has 1 aliphatic rings. The van der Waals surface area contributed by atoms with Crippen LogP contribution in [0.4, 0.5) is 4.79 Å². The number of fused-ring (bicyclic) bond motifs is 1. The molecule has 134 valence electrons. The van der Waals surface area contributed by atoms with Crippen LogP contribution in [0.2, 0.25) is 0 Å². The van der Waals surface area contributed by atoms with Gasteiger partial charge in [0.25, 0.3) is 0 Å². The maximum atomic E-state index is 12.3. The van der Waals surface area contributed by atoms with E-state index < -0.39 is 5.54 Å². The Kier molecular flexibility index (Phi) is 4.78. The zero-order valence-electron chi connectivity index (χ0n) is 14.7. The molecule has 0 bridgehead atoms. The summed E-state index contributed by atoms with van der Waals surface area (Å²) in [5, 5.41) is 13.6. The van der Waals surface area contributed by atoms with Crippen molar-refractivity contribution in [1.82, 2.24) is 25.4 Å². The molecule has 0 aliphatic carbocycles. The number of aryl methyl sites for hydroxylation is 1. The van der Waals surface area contributed by atoms with Gasteiger partial charge in [0.1, 0.15) is 19.5 Å². The molecule has 0 fully saturated rings. The highest BCUT2D eigenvalue weighted by atomic mass is 16.6. The molecule has 2 N–H and O–H groups in total. The number of ether oxygens (including phenoxy) is 2. The minimum absolute atomic E-state index is 0.273. The van der Waals surface area contributed by atoms with Crippen molar-refractivity contribution >= 4 is 6.03 Å². The molecule has 0 saturated carbocycles. The maximum absolute atomic E-state index is 12.3. The summed E-state index contributed by atoms with van der Waals surface area (Å²) in [4.78, 5) is 12.3. The predicted molar refractivity (Wildman–Crippen MR) is 91.5 cm³/mol. The molecule has 2 aromatic rings. The van der Waals surface area contributed by atoms with Crippen molar-refractivity contribution in [3.05, 3.63) is 35.9 Å². The Morgan fingerprint density at radius 2 is 2.04 bits per heavy atom. The van der Waals surface area contributed by atoms with Gasteiger partial charge in [-0.1, -0.05) is 6.07 Å². The summed E-state index contributed by atoms with van der Waals surface area (Å²) in [6.07, 6.45) is 1.65. The average Bonchev–Trinajstić information content (AvgIpc) is 3.06. The number of hydrogen-bond donors (Lipinski definition) is 2. The molecule has 0 unspecified atom stereocenters. The Morgan fingerprint density at radius 3 is 2.80 bits per heavy atom. The first-order valence-corrected chi connectivity index (χ1v) is 8.32. The second kappa shape index (κ2) is 7.00. The van der Waals surface area contributed by atoms with Crippen LogP contribution >= 0.6 is 0 Å². The number of urea groups is 1. The van der Waals surface area contributed by atoms with Gasteiger partial charge < -0.3 is 24.7 Å². The van der Waals surface area contributed by atoms with E-state index in [1.54, 1.807) is 6.33 Å². The van der Waals surface area contributed by atoms with Crippen molar-refractivity contribution in [2.75, 3.05) is 13.2 Å². The van der Waals surface area contributed by atoms with Gasteiger partial charge in [-0.3, -0.25) is 0 Å². The summed E-state index contributed by atoms with van der Waals surface area (Å²) < 4.78 is 13.0. The molecule has 2 heterocycles. The largest absolute Gasteiger partial charge is 0.486 e. The van der Waals surface area contributed by atoms with Crippen LogP contribution in [0, 0.1) is 0 Å². The molecule has 1 aromatic heterocycles. The summed E-state index contributed by atoms with van der Waals surface area (Å²) in [6.45, 7) is 8.03. The van der Waals surface area contributed by atoms with Crippen molar-refractivity contribution in [3.63, 3.8) is 0 Å². The topological polar surface area (TPSA) is 90.3 Å². The average molecular weight is 345 g/mol. The maximum Gasteiger partial charge on any atom is 0.315 e. The zero-order chi connectivity index (χ0) is 17.9. The van der Waals surface area contributed by atoms with Crippen LogP contribution in [0.25, 0.3) is 0 Å². The zero-order valence-corrected chi connectivity index (χ0v) is 14.7. The van der Waals surface area contributed by atoms with Crippen LogP contribution in [-0.2, 0) is 18.6 Å². The molecule has 8 nitrogen and oxygen atoms in total. The standard InChI is InChI=1S/C17H23N5O3/c1-4-22-11-19-21-15(22)10-18-16(23)20-17(2,3)12-5-6-13-14(9-12)25-8-7-24-13/h5-6,9,11H,4,7-8,10H2,1-3H3,(H2,18,20,23). The highest BCUT2D eigenvalue weighted by Gasteiger charge is 2.25. The number of rotatable bonds is 5. The SMILES string of the molecule is CCn1cnnc1CNC(=O)NC(C)(C)c1ccc2c(c1)OCCO2. The van der Waals surface area contributed by atoms with Crippen molar-refractivity contribution in [2.45, 2.75) is 39.4 Å². The Morgan fingerprint density at radius 1 is 1.28 bits per heavy atom. The number of carbonyl (C=O) groups is 1. The van der Waals surface area contributed by atoms with E-state index in [1.165, 1.54) is 0 Å². The molecule has 0 saturated heterocycles. The number of carbonyl (C=O) groups excluding carboxylic acids is 1. The van der Waals surface area contributed by atoms with Crippen molar-refractivity contribution in [3.8, 4) is 11.5 Å². The van der Waals surface area contributed by atoms with E-state index in [1.807, 2.05) is 43.5 Å². The molecule has 8 heteroatoms. The molecular formula is C17H23N5O3. The summed E-state index contributed by atoms with van der Waals surface area (Å²) in [7, 11) is 0. The third-order valence-electron chi connectivity index (χ3n) is 4.13. The van der Waals surface area contributed by atoms with Crippen LogP contribution in [-0.4, -0.2) is 34.0 Å². The normalized spacial score (nSPS) is 13.4. The van der Waals surface area contributed by atoms with Gasteiger partial charge in [0.05, 0.1) is 12.1 Å². The number of benzene rings is 1. The number of aromatic nitrogens is 3. The van der Waals surface area contributed by atoms with Gasteiger partial charge in [-0.05, 0) is 38.5 Å². The highest BCUT2D eigenvalue weighted by molar-refractivity contribution is 5.75. The highest BCUT2D eigenvalue weighted by Crippen LogP contribution is 2.34. The molecule has 0 atom stereocenters. The van der Waals surface area contributed by atoms with Gasteiger partial charge in [-0.25, -0.2) is 4.79 Å². The van der Waals surface area contributed by atoms with Crippen molar-refractivity contribution in [1.29, 1.82) is 0 Å². The molecular weight excluding hydrogens is 322 g/mol. The van der Waals surface area contributed by atoms with Gasteiger partial charge in [-0.2, -0.15) is 0 Å². The minimum Gasteiger partial charge on any atom is -0.486 e. The second-order valence-corrected chi connectivity index (χ2v) is 6.32. The second-order valence-electron chi connectivity index (χ2n) is 6.32. The minimum atomic E-state index is -0.571. The van der Waals surface area contributed by atoms with E-state index in [0.717, 1.165) is 23.7 Å². The smallest absolute Gasteiger partial charge is 0.315 e. The third-order valence-corrected chi connectivity index (χ3v) is 4.13. The van der Waals surface area contributed by atoms with Gasteiger partial charge >= 0.3 is 6.03 Å². The van der Waals surface area contributed by atoms with Gasteiger partial charge in [0.15, 0.2) is 17.3 Å². The third kappa shape index (κ3) is 3.84. The Hall–Kier alpha value is -2.77. The van der Waals surface area contributed by atoms with E-state index in [2.05, 4.69) is 20.8 Å². The van der Waals surface area contributed by atoms with E-state index >= 15 is 0 Å². The van der Waals surface area contributed by atoms with Gasteiger partial charge in [0, 0.05) is 6.54 Å². The first-order chi connectivity index (χ1) is 12.0. The fourth-order valence-electron chi connectivity index (χ4n) is 2.67. The summed E-state index contributed by atoms with van der Waals surface area (Å²) in [6, 6.07) is 5.43. The fourth-order valence-corrected chi connectivity index (χ4v) is 2.67. The van der Waals surface area contributed by atoms with Crippen LogP contribution in [0.15, 0.2) is 24.5 Å². The molecule has 2 amide bonds. The van der Waals surface area contributed by atoms with Gasteiger partial charge in [0.2, 0.25) is 0 Å². The van der Waals surface area contributed by atoms with E-state index in [9.17, 15) is 4.79 Å². The lowest BCUT2D eigenvalue weighted by molar-refractivity contribution is 0.171. The van der Waals surface area contributed by atoms with E-state index in [4.69, 9.17) is 9.47 Å².